The fourth-order valence-corrected chi connectivity index (χ4v) is 11.1. The second-order valence-corrected chi connectivity index (χ2v) is 24.2. The van der Waals surface area contributed by atoms with E-state index in [0.717, 1.165) is 38.5 Å². The second kappa shape index (κ2) is 57.7. The fourth-order valence-electron chi connectivity index (χ4n) is 11.1. The summed E-state index contributed by atoms with van der Waals surface area (Å²) in [6.07, 6.45) is 62.3. The molecular weight excluding hydrogens is 1000 g/mol. The third kappa shape index (κ3) is 44.8. The molecule has 0 spiro atoms. The summed E-state index contributed by atoms with van der Waals surface area (Å²) < 4.78 is 11.2. The van der Waals surface area contributed by atoms with Gasteiger partial charge in [0.05, 0.1) is 25.4 Å². The number of unbranched alkanes of at least 4 members (excludes halogenated alkanes) is 42. The van der Waals surface area contributed by atoms with Crippen molar-refractivity contribution in [3.05, 3.63) is 36.5 Å². The van der Waals surface area contributed by atoms with Gasteiger partial charge < -0.3 is 50.5 Å². The van der Waals surface area contributed by atoms with E-state index in [1.165, 1.54) is 244 Å². The zero-order valence-electron chi connectivity index (χ0n) is 52.1. The highest BCUT2D eigenvalue weighted by molar-refractivity contribution is 5.80. The van der Waals surface area contributed by atoms with Gasteiger partial charge in [0.25, 0.3) is 0 Å². The lowest BCUT2D eigenvalue weighted by atomic mass is 9.98. The number of allylic oxidation sites excluding steroid dienone is 6. The minimum atomic E-state index is -1.67. The number of carbonyl (C=O) groups is 1. The highest BCUT2D eigenvalue weighted by atomic mass is 16.7. The fraction of sp³-hybridized carbons (Fsp3) is 0.899. The largest absolute Gasteiger partial charge is 0.394 e. The Morgan fingerprint density at radius 2 is 0.750 bits per heavy atom. The van der Waals surface area contributed by atoms with E-state index >= 15 is 0 Å². The maximum atomic E-state index is 13.2. The molecule has 11 heteroatoms. The van der Waals surface area contributed by atoms with Gasteiger partial charge in [-0.05, 0) is 77.0 Å². The van der Waals surface area contributed by atoms with Gasteiger partial charge in [-0.15, -0.1) is 0 Å². The molecule has 0 bridgehead atoms. The molecule has 9 unspecified atom stereocenters. The summed E-state index contributed by atoms with van der Waals surface area (Å²) in [5.74, 6) is -0.708. The Morgan fingerprint density at radius 3 is 1.11 bits per heavy atom. The molecular formula is C69H131NO10. The summed E-state index contributed by atoms with van der Waals surface area (Å²) in [4.78, 5) is 13.2. The molecule has 0 saturated carbocycles. The lowest BCUT2D eigenvalue weighted by molar-refractivity contribution is -0.303. The van der Waals surface area contributed by atoms with Crippen LogP contribution in [0.15, 0.2) is 36.5 Å². The smallest absolute Gasteiger partial charge is 0.249 e. The van der Waals surface area contributed by atoms with Crippen LogP contribution in [0.5, 0.6) is 0 Å². The van der Waals surface area contributed by atoms with Crippen molar-refractivity contribution in [3.8, 4) is 0 Å². The molecule has 0 aliphatic carbocycles. The first kappa shape index (κ1) is 76.3. The minimum Gasteiger partial charge on any atom is -0.394 e. The Kier molecular flexibility index (Phi) is 55.1. The molecule has 11 nitrogen and oxygen atoms in total. The van der Waals surface area contributed by atoms with Gasteiger partial charge in [0.2, 0.25) is 5.91 Å². The number of aliphatic hydroxyl groups is 7. The Labute approximate surface area is 492 Å². The lowest BCUT2D eigenvalue weighted by Gasteiger charge is -2.40. The SMILES string of the molecule is CCCCCCCCCCCCCC/C=C\CCCCCCCCCCCC(O)C(=O)NC(COC1OC(CO)C(O)C(O)C1O)C(O)C(O)CCC/C=C/CC/C=C/CCCCCCCCCCCCCCCCCCCCC. The Morgan fingerprint density at radius 1 is 0.425 bits per heavy atom. The Bertz CT molecular complexity index is 1390. The number of aliphatic hydroxyl groups excluding tert-OH is 7. The van der Waals surface area contributed by atoms with Gasteiger partial charge in [0, 0.05) is 0 Å². The van der Waals surface area contributed by atoms with Crippen molar-refractivity contribution in [1.82, 2.24) is 5.32 Å². The van der Waals surface area contributed by atoms with E-state index in [2.05, 4.69) is 55.6 Å². The molecule has 0 aromatic rings. The normalized spacial score (nSPS) is 19.4. The molecule has 0 aromatic carbocycles. The predicted molar refractivity (Wildman–Crippen MR) is 335 cm³/mol. The summed E-state index contributed by atoms with van der Waals surface area (Å²) in [5.41, 5.74) is 0. The molecule has 1 aliphatic heterocycles. The highest BCUT2D eigenvalue weighted by Gasteiger charge is 2.44. The number of nitrogens with one attached hydrogen (secondary N) is 1. The van der Waals surface area contributed by atoms with Crippen LogP contribution in [0.25, 0.3) is 0 Å². The summed E-state index contributed by atoms with van der Waals surface area (Å²) in [6.45, 7) is 3.49. The Balaban J connectivity index is 2.25. The molecule has 9 atom stereocenters. The van der Waals surface area contributed by atoms with Crippen LogP contribution in [-0.2, 0) is 14.3 Å². The molecule has 0 radical (unpaired) electrons. The van der Waals surface area contributed by atoms with E-state index in [1.54, 1.807) is 0 Å². The van der Waals surface area contributed by atoms with Crippen LogP contribution in [0.3, 0.4) is 0 Å². The van der Waals surface area contributed by atoms with E-state index in [9.17, 15) is 40.5 Å². The van der Waals surface area contributed by atoms with Crippen LogP contribution < -0.4 is 5.32 Å². The zero-order valence-corrected chi connectivity index (χ0v) is 52.1. The van der Waals surface area contributed by atoms with Gasteiger partial charge in [-0.2, -0.15) is 0 Å². The van der Waals surface area contributed by atoms with Crippen molar-refractivity contribution < 1.29 is 50.0 Å². The number of hydrogen-bond acceptors (Lipinski definition) is 10. The van der Waals surface area contributed by atoms with Gasteiger partial charge in [-0.1, -0.05) is 288 Å². The molecule has 1 amide bonds. The van der Waals surface area contributed by atoms with Crippen LogP contribution >= 0.6 is 0 Å². The average Bonchev–Trinajstić information content (AvgIpc) is 3.47. The molecule has 8 N–H and O–H groups in total. The van der Waals surface area contributed by atoms with Crippen LogP contribution in [0.1, 0.15) is 328 Å². The third-order valence-electron chi connectivity index (χ3n) is 16.6. The van der Waals surface area contributed by atoms with Gasteiger partial charge >= 0.3 is 0 Å². The first-order valence-corrected chi connectivity index (χ1v) is 34.4. The summed E-state index contributed by atoms with van der Waals surface area (Å²) in [5, 5.41) is 76.4. The molecule has 0 aromatic heterocycles. The highest BCUT2D eigenvalue weighted by Crippen LogP contribution is 2.24. The van der Waals surface area contributed by atoms with Crippen molar-refractivity contribution in [3.63, 3.8) is 0 Å². The first-order chi connectivity index (χ1) is 39.2. The Hall–Kier alpha value is -1.67. The number of ether oxygens (including phenoxy) is 2. The molecule has 1 aliphatic rings. The molecule has 1 heterocycles. The topological polar surface area (TPSA) is 189 Å². The van der Waals surface area contributed by atoms with Crippen molar-refractivity contribution in [2.24, 2.45) is 0 Å². The van der Waals surface area contributed by atoms with Crippen LogP contribution in [0.2, 0.25) is 0 Å². The summed E-state index contributed by atoms with van der Waals surface area (Å²) in [7, 11) is 0. The zero-order chi connectivity index (χ0) is 58.2. The van der Waals surface area contributed by atoms with Crippen molar-refractivity contribution in [2.75, 3.05) is 13.2 Å². The van der Waals surface area contributed by atoms with Gasteiger partial charge in [-0.25, -0.2) is 0 Å². The van der Waals surface area contributed by atoms with Crippen LogP contribution in [0, 0.1) is 0 Å². The predicted octanol–water partition coefficient (Wildman–Crippen LogP) is 16.2. The average molecular weight is 1130 g/mol. The lowest BCUT2D eigenvalue weighted by Crippen LogP contribution is -2.60. The number of hydrogen-bond donors (Lipinski definition) is 8. The molecule has 80 heavy (non-hydrogen) atoms. The van der Waals surface area contributed by atoms with E-state index in [4.69, 9.17) is 9.47 Å². The van der Waals surface area contributed by atoms with E-state index in [-0.39, 0.29) is 12.8 Å². The molecule has 472 valence electrons. The molecule has 1 saturated heterocycles. The van der Waals surface area contributed by atoms with E-state index in [1.807, 2.05) is 0 Å². The standard InChI is InChI=1S/C69H131NO10/c1-3-5-7-9-11-13-15-17-19-21-23-25-27-29-30-31-33-34-36-38-40-42-44-46-48-50-52-54-56-61(72)64(74)60(59-79-69-67(77)66(76)65(75)63(58-71)80-69)70-68(78)62(73)57-55-53-51-49-47-45-43-41-39-37-35-32-28-26-24-22-20-18-16-14-12-10-8-6-4-2/h32,35,40,42,48,50,60-67,69,71-77H,3-31,33-34,36-39,41,43-47,49,51-59H2,1-2H3,(H,70,78)/b35-32-,42-40+,50-48+. The van der Waals surface area contributed by atoms with Crippen molar-refractivity contribution in [2.45, 2.75) is 384 Å². The van der Waals surface area contributed by atoms with Gasteiger partial charge in [0.1, 0.15) is 36.6 Å². The van der Waals surface area contributed by atoms with Crippen molar-refractivity contribution in [1.29, 1.82) is 0 Å². The maximum absolute atomic E-state index is 13.2. The van der Waals surface area contributed by atoms with Gasteiger partial charge in [0.15, 0.2) is 6.29 Å². The minimum absolute atomic E-state index is 0.247. The second-order valence-electron chi connectivity index (χ2n) is 24.2. The quantitative estimate of drug-likeness (QED) is 0.0215. The monoisotopic (exact) mass is 1130 g/mol. The van der Waals surface area contributed by atoms with Crippen LogP contribution in [0.4, 0.5) is 0 Å². The van der Waals surface area contributed by atoms with Crippen LogP contribution in [-0.4, -0.2) is 110 Å². The summed E-state index contributed by atoms with van der Waals surface area (Å²) >= 11 is 0. The van der Waals surface area contributed by atoms with Gasteiger partial charge in [-0.3, -0.25) is 4.79 Å². The number of carbonyl (C=O) groups excluding carboxylic acids is 1. The molecule has 1 rings (SSSR count). The number of rotatable bonds is 60. The molecule has 1 fully saturated rings. The van der Waals surface area contributed by atoms with E-state index < -0.39 is 74.2 Å². The summed E-state index contributed by atoms with van der Waals surface area (Å²) in [6, 6.07) is -1.19. The maximum Gasteiger partial charge on any atom is 0.249 e. The van der Waals surface area contributed by atoms with Crippen molar-refractivity contribution >= 4 is 5.91 Å². The number of amides is 1. The first-order valence-electron chi connectivity index (χ1n) is 34.4. The van der Waals surface area contributed by atoms with E-state index in [0.29, 0.717) is 19.3 Å². The third-order valence-corrected chi connectivity index (χ3v) is 16.6.